The predicted octanol–water partition coefficient (Wildman–Crippen LogP) is 2.59. The van der Waals surface area contributed by atoms with E-state index < -0.39 is 8.07 Å². The lowest BCUT2D eigenvalue weighted by molar-refractivity contribution is 0.633. The second-order valence-corrected chi connectivity index (χ2v) is 9.73. The van der Waals surface area contributed by atoms with Crippen molar-refractivity contribution in [1.29, 1.82) is 0 Å². The highest BCUT2D eigenvalue weighted by Crippen LogP contribution is 2.08. The molecule has 0 saturated carbocycles. The van der Waals surface area contributed by atoms with Gasteiger partial charge in [-0.2, -0.15) is 0 Å². The first-order chi connectivity index (χ1) is 7.42. The van der Waals surface area contributed by atoms with E-state index in [-0.39, 0.29) is 0 Å². The van der Waals surface area contributed by atoms with E-state index in [1.807, 2.05) is 25.4 Å². The van der Waals surface area contributed by atoms with Crippen molar-refractivity contribution in [2.24, 2.45) is 0 Å². The molecule has 0 aliphatic heterocycles. The lowest BCUT2D eigenvalue weighted by Gasteiger charge is -2.08. The van der Waals surface area contributed by atoms with E-state index in [2.05, 4.69) is 48.3 Å². The molecule has 0 radical (unpaired) electrons. The maximum Gasteiger partial charge on any atom is 0.129 e. The third-order valence-electron chi connectivity index (χ3n) is 2.24. The molecule has 0 aromatic carbocycles. The van der Waals surface area contributed by atoms with Gasteiger partial charge in [0, 0.05) is 17.8 Å². The summed E-state index contributed by atoms with van der Waals surface area (Å²) in [7, 11) is 0.652. The summed E-state index contributed by atoms with van der Waals surface area (Å²) in [6.45, 7) is 8.82. The van der Waals surface area contributed by atoms with Crippen LogP contribution in [-0.2, 0) is 0 Å². The van der Waals surface area contributed by atoms with Crippen LogP contribution in [0.4, 0.5) is 0 Å². The maximum absolute atomic E-state index is 4.40. The number of aromatic nitrogens is 1. The Kier molecular flexibility index (Phi) is 4.28. The molecule has 1 atom stereocenters. The number of rotatable bonds is 2. The minimum Gasteiger partial charge on any atom is -0.312 e. The van der Waals surface area contributed by atoms with Crippen LogP contribution in [0.15, 0.2) is 18.3 Å². The zero-order chi connectivity index (χ0) is 12.2. The van der Waals surface area contributed by atoms with Gasteiger partial charge in [0.25, 0.3) is 0 Å². The monoisotopic (exact) mass is 232 g/mol. The van der Waals surface area contributed by atoms with Crippen molar-refractivity contribution >= 4 is 8.07 Å². The Morgan fingerprint density at radius 1 is 1.31 bits per heavy atom. The molecular formula is C13H20N2Si. The van der Waals surface area contributed by atoms with Crippen LogP contribution in [0, 0.1) is 11.5 Å². The standard InChI is InChI=1S/C13H20N2Si/c1-11(14-2)13-7-6-12(10-15-13)8-9-16(3,4)5/h6-7,10-11,14H,1-5H3. The zero-order valence-corrected chi connectivity index (χ0v) is 11.8. The smallest absolute Gasteiger partial charge is 0.129 e. The summed E-state index contributed by atoms with van der Waals surface area (Å²) in [5.74, 6) is 3.20. The highest BCUT2D eigenvalue weighted by Gasteiger charge is 2.07. The lowest BCUT2D eigenvalue weighted by atomic mass is 10.2. The number of hydrogen-bond donors (Lipinski definition) is 1. The molecule has 0 spiro atoms. The van der Waals surface area contributed by atoms with Gasteiger partial charge in [0.15, 0.2) is 0 Å². The van der Waals surface area contributed by atoms with Crippen LogP contribution >= 0.6 is 0 Å². The Bertz CT molecular complexity index is 393. The van der Waals surface area contributed by atoms with Gasteiger partial charge in [-0.15, -0.1) is 5.54 Å². The van der Waals surface area contributed by atoms with E-state index in [1.165, 1.54) is 0 Å². The molecule has 16 heavy (non-hydrogen) atoms. The highest BCUT2D eigenvalue weighted by molar-refractivity contribution is 6.83. The van der Waals surface area contributed by atoms with Gasteiger partial charge in [0.1, 0.15) is 8.07 Å². The number of hydrogen-bond acceptors (Lipinski definition) is 2. The number of pyridine rings is 1. The van der Waals surface area contributed by atoms with E-state index in [9.17, 15) is 0 Å². The molecule has 0 aliphatic rings. The molecule has 0 amide bonds. The fourth-order valence-electron chi connectivity index (χ4n) is 1.14. The molecule has 86 valence electrons. The van der Waals surface area contributed by atoms with Crippen molar-refractivity contribution < 1.29 is 0 Å². The third-order valence-corrected chi connectivity index (χ3v) is 3.12. The molecule has 0 aliphatic carbocycles. The molecule has 3 heteroatoms. The molecule has 1 aromatic heterocycles. The average molecular weight is 232 g/mol. The Labute approximate surface area is 99.5 Å². The summed E-state index contributed by atoms with van der Waals surface area (Å²) in [6.07, 6.45) is 1.86. The van der Waals surface area contributed by atoms with Gasteiger partial charge in [-0.3, -0.25) is 4.98 Å². The van der Waals surface area contributed by atoms with Crippen molar-refractivity contribution in [2.45, 2.75) is 32.6 Å². The van der Waals surface area contributed by atoms with Gasteiger partial charge in [0.2, 0.25) is 0 Å². The predicted molar refractivity (Wildman–Crippen MR) is 71.9 cm³/mol. The van der Waals surface area contributed by atoms with Gasteiger partial charge in [-0.05, 0) is 26.1 Å². The minimum atomic E-state index is -1.28. The molecule has 1 N–H and O–H groups in total. The second-order valence-electron chi connectivity index (χ2n) is 4.98. The Balaban J connectivity index is 2.82. The summed E-state index contributed by atoms with van der Waals surface area (Å²) >= 11 is 0. The van der Waals surface area contributed by atoms with Crippen LogP contribution in [-0.4, -0.2) is 20.1 Å². The molecule has 1 heterocycles. The normalized spacial score (nSPS) is 12.8. The summed E-state index contributed by atoms with van der Waals surface area (Å²) in [6, 6.07) is 4.37. The maximum atomic E-state index is 4.40. The van der Waals surface area contributed by atoms with E-state index in [0.29, 0.717) is 6.04 Å². The molecular weight excluding hydrogens is 212 g/mol. The Morgan fingerprint density at radius 2 is 2.00 bits per heavy atom. The van der Waals surface area contributed by atoms with Crippen molar-refractivity contribution in [1.82, 2.24) is 10.3 Å². The van der Waals surface area contributed by atoms with Crippen LogP contribution in [0.2, 0.25) is 19.6 Å². The van der Waals surface area contributed by atoms with Gasteiger partial charge < -0.3 is 5.32 Å². The fraction of sp³-hybridized carbons (Fsp3) is 0.462. The second kappa shape index (κ2) is 5.29. The molecule has 1 unspecified atom stereocenters. The molecule has 0 fully saturated rings. The van der Waals surface area contributed by atoms with Gasteiger partial charge in [-0.25, -0.2) is 0 Å². The third kappa shape index (κ3) is 4.17. The van der Waals surface area contributed by atoms with E-state index >= 15 is 0 Å². The number of nitrogens with zero attached hydrogens (tertiary/aromatic N) is 1. The summed E-state index contributed by atoms with van der Waals surface area (Å²) in [4.78, 5) is 4.40. The van der Waals surface area contributed by atoms with E-state index in [4.69, 9.17) is 0 Å². The van der Waals surface area contributed by atoms with Crippen LogP contribution in [0.3, 0.4) is 0 Å². The summed E-state index contributed by atoms with van der Waals surface area (Å²) in [5.41, 5.74) is 5.40. The van der Waals surface area contributed by atoms with Crippen LogP contribution < -0.4 is 5.32 Å². The fourth-order valence-corrected chi connectivity index (χ4v) is 1.66. The molecule has 2 nitrogen and oxygen atoms in total. The number of nitrogens with one attached hydrogen (secondary N) is 1. The first kappa shape index (κ1) is 13.0. The SMILES string of the molecule is CNC(C)c1ccc(C#C[Si](C)(C)C)cn1. The van der Waals surface area contributed by atoms with Crippen LogP contribution in [0.5, 0.6) is 0 Å². The van der Waals surface area contributed by atoms with Crippen molar-refractivity contribution in [3.8, 4) is 11.5 Å². The summed E-state index contributed by atoms with van der Waals surface area (Å²) < 4.78 is 0. The Hall–Kier alpha value is -1.11. The van der Waals surface area contributed by atoms with Gasteiger partial charge >= 0.3 is 0 Å². The quantitative estimate of drug-likeness (QED) is 0.626. The van der Waals surface area contributed by atoms with Crippen molar-refractivity contribution in [3.63, 3.8) is 0 Å². The Morgan fingerprint density at radius 3 is 2.44 bits per heavy atom. The van der Waals surface area contributed by atoms with Gasteiger partial charge in [0.05, 0.1) is 5.69 Å². The molecule has 1 aromatic rings. The van der Waals surface area contributed by atoms with E-state index in [0.717, 1.165) is 11.3 Å². The minimum absolute atomic E-state index is 0.291. The van der Waals surface area contributed by atoms with Gasteiger partial charge in [-0.1, -0.05) is 25.6 Å². The molecule has 1 rings (SSSR count). The zero-order valence-electron chi connectivity index (χ0n) is 10.8. The van der Waals surface area contributed by atoms with Crippen molar-refractivity contribution in [2.75, 3.05) is 7.05 Å². The van der Waals surface area contributed by atoms with Crippen molar-refractivity contribution in [3.05, 3.63) is 29.6 Å². The lowest BCUT2D eigenvalue weighted by Crippen LogP contribution is -2.16. The summed E-state index contributed by atoms with van der Waals surface area (Å²) in [5, 5.41) is 3.17. The molecule has 0 saturated heterocycles. The first-order valence-corrected chi connectivity index (χ1v) is 9.09. The topological polar surface area (TPSA) is 24.9 Å². The largest absolute Gasteiger partial charge is 0.312 e. The van der Waals surface area contributed by atoms with E-state index in [1.54, 1.807) is 0 Å². The molecule has 0 bridgehead atoms. The first-order valence-electron chi connectivity index (χ1n) is 5.59. The average Bonchev–Trinajstić information content (AvgIpc) is 2.25. The van der Waals surface area contributed by atoms with Crippen LogP contribution in [0.1, 0.15) is 24.2 Å². The van der Waals surface area contributed by atoms with Crippen LogP contribution in [0.25, 0.3) is 0 Å². The highest BCUT2D eigenvalue weighted by atomic mass is 28.3.